The molecule has 7 unspecified atom stereocenters. The molecule has 1 amide bonds. The number of amides is 1. The fourth-order valence-electron chi connectivity index (χ4n) is 5.88. The summed E-state index contributed by atoms with van der Waals surface area (Å²) in [5, 5.41) is 53.8. The molecule has 1 heterocycles. The van der Waals surface area contributed by atoms with E-state index in [-0.39, 0.29) is 12.5 Å². The molecule has 0 aliphatic carbocycles. The molecule has 0 radical (unpaired) electrons. The van der Waals surface area contributed by atoms with Crippen molar-refractivity contribution in [3.05, 3.63) is 24.3 Å². The van der Waals surface area contributed by atoms with E-state index in [9.17, 15) is 30.3 Å². The van der Waals surface area contributed by atoms with Gasteiger partial charge >= 0.3 is 0 Å². The van der Waals surface area contributed by atoms with E-state index >= 15 is 0 Å². The number of aliphatic hydroxyl groups is 5. The van der Waals surface area contributed by atoms with Crippen LogP contribution in [0.2, 0.25) is 0 Å². The summed E-state index contributed by atoms with van der Waals surface area (Å²) in [4.78, 5) is 12.8. The number of rotatable bonds is 30. The SMILES string of the molecule is CCCCCCCC/C=C/CC/C=C/C(O)C(COC1OC(CO)C(O)C(O)C1O)NC(=O)CCCCCCCCCCCCCC. The van der Waals surface area contributed by atoms with Crippen LogP contribution in [0.25, 0.3) is 0 Å². The van der Waals surface area contributed by atoms with E-state index in [2.05, 4.69) is 31.3 Å². The van der Waals surface area contributed by atoms with E-state index in [1.165, 1.54) is 96.3 Å². The molecule has 7 atom stereocenters. The Balaban J connectivity index is 2.49. The Morgan fingerprint density at radius 3 is 1.79 bits per heavy atom. The molecule has 0 spiro atoms. The van der Waals surface area contributed by atoms with Crippen molar-refractivity contribution in [1.82, 2.24) is 5.32 Å². The normalized spacial score (nSPS) is 23.1. The zero-order valence-electron chi connectivity index (χ0n) is 29.8. The lowest BCUT2D eigenvalue weighted by Crippen LogP contribution is -2.60. The van der Waals surface area contributed by atoms with Gasteiger partial charge in [0.1, 0.15) is 24.4 Å². The Morgan fingerprint density at radius 2 is 1.21 bits per heavy atom. The van der Waals surface area contributed by atoms with Gasteiger partial charge in [-0.1, -0.05) is 141 Å². The number of ether oxygens (including phenoxy) is 2. The first kappa shape index (κ1) is 43.7. The maximum absolute atomic E-state index is 12.8. The Kier molecular flexibility index (Phi) is 27.5. The Bertz CT molecular complexity index is 792. The third kappa shape index (κ3) is 21.4. The molecule has 1 aliphatic heterocycles. The lowest BCUT2D eigenvalue weighted by atomic mass is 9.99. The van der Waals surface area contributed by atoms with Crippen LogP contribution in [0, 0.1) is 0 Å². The molecular weight excluding hydrogens is 598 g/mol. The highest BCUT2D eigenvalue weighted by atomic mass is 16.7. The maximum Gasteiger partial charge on any atom is 0.220 e. The van der Waals surface area contributed by atoms with Crippen molar-refractivity contribution in [2.75, 3.05) is 13.2 Å². The predicted molar refractivity (Wildman–Crippen MR) is 189 cm³/mol. The summed E-state index contributed by atoms with van der Waals surface area (Å²) >= 11 is 0. The van der Waals surface area contributed by atoms with Crippen molar-refractivity contribution in [2.45, 2.75) is 198 Å². The van der Waals surface area contributed by atoms with Gasteiger partial charge < -0.3 is 40.3 Å². The monoisotopic (exact) mass is 670 g/mol. The van der Waals surface area contributed by atoms with Crippen LogP contribution in [0.1, 0.15) is 155 Å². The first-order chi connectivity index (χ1) is 22.8. The van der Waals surface area contributed by atoms with Gasteiger partial charge in [0.25, 0.3) is 0 Å². The molecule has 0 aromatic heterocycles. The van der Waals surface area contributed by atoms with E-state index in [1.807, 2.05) is 6.08 Å². The molecule has 47 heavy (non-hydrogen) atoms. The van der Waals surface area contributed by atoms with Crippen molar-refractivity contribution in [3.8, 4) is 0 Å². The standard InChI is InChI=1S/C38H71NO8/c1-3-5-7-9-11-13-15-17-19-21-23-25-27-32(41)31(30-46-38-37(45)36(44)35(43)33(29-40)47-38)39-34(42)28-26-24-22-20-18-16-14-12-10-8-6-4-2/h17,19,25,27,31-33,35-38,40-41,43-45H,3-16,18,20-24,26,28-30H2,1-2H3,(H,39,42)/b19-17+,27-25+. The average Bonchev–Trinajstić information content (AvgIpc) is 3.07. The third-order valence-corrected chi connectivity index (χ3v) is 9.03. The van der Waals surface area contributed by atoms with Gasteiger partial charge in [0, 0.05) is 6.42 Å². The lowest BCUT2D eigenvalue weighted by Gasteiger charge is -2.40. The topological polar surface area (TPSA) is 149 Å². The third-order valence-electron chi connectivity index (χ3n) is 9.03. The van der Waals surface area contributed by atoms with E-state index in [0.717, 1.165) is 38.5 Å². The molecule has 1 saturated heterocycles. The molecule has 1 rings (SSSR count). The lowest BCUT2D eigenvalue weighted by molar-refractivity contribution is -0.302. The highest BCUT2D eigenvalue weighted by Crippen LogP contribution is 2.22. The smallest absolute Gasteiger partial charge is 0.220 e. The molecule has 276 valence electrons. The summed E-state index contributed by atoms with van der Waals surface area (Å²) < 4.78 is 11.1. The quantitative estimate of drug-likeness (QED) is 0.0381. The van der Waals surface area contributed by atoms with Gasteiger partial charge in [-0.2, -0.15) is 0 Å². The first-order valence-corrected chi connectivity index (χ1v) is 19.1. The van der Waals surface area contributed by atoms with Crippen LogP contribution in [0.5, 0.6) is 0 Å². The van der Waals surface area contributed by atoms with Crippen LogP contribution in [0.4, 0.5) is 0 Å². The molecular formula is C38H71NO8. The van der Waals surface area contributed by atoms with Gasteiger partial charge in [0.15, 0.2) is 6.29 Å². The Labute approximate surface area is 286 Å². The summed E-state index contributed by atoms with van der Waals surface area (Å²) in [5.74, 6) is -0.190. The van der Waals surface area contributed by atoms with Crippen LogP contribution in [0.3, 0.4) is 0 Å². The zero-order valence-corrected chi connectivity index (χ0v) is 29.8. The number of nitrogens with one attached hydrogen (secondary N) is 1. The fourth-order valence-corrected chi connectivity index (χ4v) is 5.88. The van der Waals surface area contributed by atoms with Crippen LogP contribution in [-0.4, -0.2) is 87.5 Å². The second kappa shape index (κ2) is 29.6. The van der Waals surface area contributed by atoms with Gasteiger partial charge in [-0.05, 0) is 32.1 Å². The van der Waals surface area contributed by atoms with E-state index < -0.39 is 49.5 Å². The Hall–Kier alpha value is -1.33. The van der Waals surface area contributed by atoms with Gasteiger partial charge in [-0.25, -0.2) is 0 Å². The summed E-state index contributed by atoms with van der Waals surface area (Å²) in [6.07, 6.45) is 25.1. The number of hydrogen-bond acceptors (Lipinski definition) is 8. The summed E-state index contributed by atoms with van der Waals surface area (Å²) in [7, 11) is 0. The summed E-state index contributed by atoms with van der Waals surface area (Å²) in [5.41, 5.74) is 0. The minimum atomic E-state index is -1.57. The zero-order chi connectivity index (χ0) is 34.5. The van der Waals surface area contributed by atoms with E-state index in [0.29, 0.717) is 6.42 Å². The van der Waals surface area contributed by atoms with Crippen molar-refractivity contribution in [2.24, 2.45) is 0 Å². The van der Waals surface area contributed by atoms with Crippen LogP contribution >= 0.6 is 0 Å². The highest BCUT2D eigenvalue weighted by Gasteiger charge is 2.44. The maximum atomic E-state index is 12.8. The molecule has 9 heteroatoms. The molecule has 9 nitrogen and oxygen atoms in total. The van der Waals surface area contributed by atoms with Gasteiger partial charge in [-0.15, -0.1) is 0 Å². The van der Waals surface area contributed by atoms with Crippen molar-refractivity contribution in [1.29, 1.82) is 0 Å². The minimum Gasteiger partial charge on any atom is -0.394 e. The van der Waals surface area contributed by atoms with Gasteiger partial charge in [0.2, 0.25) is 5.91 Å². The second-order valence-electron chi connectivity index (χ2n) is 13.4. The van der Waals surface area contributed by atoms with E-state index in [1.54, 1.807) is 6.08 Å². The molecule has 0 aromatic rings. The number of aliphatic hydroxyl groups excluding tert-OH is 5. The van der Waals surface area contributed by atoms with Crippen molar-refractivity contribution >= 4 is 5.91 Å². The fraction of sp³-hybridized carbons (Fsp3) is 0.868. The molecule has 6 N–H and O–H groups in total. The van der Waals surface area contributed by atoms with Gasteiger partial charge in [0.05, 0.1) is 25.4 Å². The minimum absolute atomic E-state index is 0.190. The van der Waals surface area contributed by atoms with Crippen LogP contribution in [-0.2, 0) is 14.3 Å². The van der Waals surface area contributed by atoms with Crippen molar-refractivity contribution in [3.63, 3.8) is 0 Å². The average molecular weight is 670 g/mol. The Morgan fingerprint density at radius 1 is 0.702 bits per heavy atom. The number of allylic oxidation sites excluding steroid dienone is 3. The van der Waals surface area contributed by atoms with E-state index in [4.69, 9.17) is 9.47 Å². The predicted octanol–water partition coefficient (Wildman–Crippen LogP) is 6.38. The molecule has 1 aliphatic rings. The number of hydrogen-bond donors (Lipinski definition) is 6. The molecule has 1 fully saturated rings. The number of unbranched alkanes of at least 4 members (excludes halogenated alkanes) is 18. The summed E-state index contributed by atoms with van der Waals surface area (Å²) in [6.45, 7) is 3.70. The molecule has 0 aromatic carbocycles. The highest BCUT2D eigenvalue weighted by molar-refractivity contribution is 5.76. The van der Waals surface area contributed by atoms with Crippen molar-refractivity contribution < 1.29 is 39.8 Å². The largest absolute Gasteiger partial charge is 0.394 e. The molecule has 0 saturated carbocycles. The van der Waals surface area contributed by atoms with Crippen LogP contribution < -0.4 is 5.32 Å². The number of carbonyl (C=O) groups is 1. The number of carbonyl (C=O) groups excluding carboxylic acids is 1. The summed E-state index contributed by atoms with van der Waals surface area (Å²) in [6, 6.07) is -0.813. The second-order valence-corrected chi connectivity index (χ2v) is 13.4. The molecule has 0 bridgehead atoms. The van der Waals surface area contributed by atoms with Crippen LogP contribution in [0.15, 0.2) is 24.3 Å². The first-order valence-electron chi connectivity index (χ1n) is 19.1. The van der Waals surface area contributed by atoms with Gasteiger partial charge in [-0.3, -0.25) is 4.79 Å².